The van der Waals surface area contributed by atoms with Crippen LogP contribution in [0.2, 0.25) is 0 Å². The number of methoxy groups -OCH3 is 1. The third-order valence-corrected chi connectivity index (χ3v) is 6.68. The van der Waals surface area contributed by atoms with Gasteiger partial charge in [0.2, 0.25) is 5.91 Å². The molecule has 7 nitrogen and oxygen atoms in total. The smallest absolute Gasteiger partial charge is 0.299 e. The predicted molar refractivity (Wildman–Crippen MR) is 118 cm³/mol. The van der Waals surface area contributed by atoms with Gasteiger partial charge >= 0.3 is 0 Å². The minimum absolute atomic E-state index is 0.0758. The number of likely N-dealkylation sites (tertiary alicyclic amines) is 1. The molecule has 1 aromatic heterocycles. The van der Waals surface area contributed by atoms with E-state index < -0.39 is 0 Å². The van der Waals surface area contributed by atoms with Crippen molar-refractivity contribution in [3.8, 4) is 5.75 Å². The van der Waals surface area contributed by atoms with Crippen LogP contribution in [0.1, 0.15) is 52.4 Å². The standard InChI is InChI=1S/C23H34N4O3/c1-16-7-6-8-17(2)26(16)14-12-24-22(28)20-9-4-5-13-27(20)23-25-19-15-18(29-3)10-11-21(19)30-23/h10-11,15-17,20H,4-9,12-14H2,1-3H3,(H,24,28)/t16-,17+,20-/m0/s1. The Morgan fingerprint density at radius 3 is 2.77 bits per heavy atom. The molecule has 1 N–H and O–H groups in total. The first kappa shape index (κ1) is 21.0. The summed E-state index contributed by atoms with van der Waals surface area (Å²) in [4.78, 5) is 22.2. The van der Waals surface area contributed by atoms with Crippen LogP contribution in [0, 0.1) is 0 Å². The van der Waals surface area contributed by atoms with Crippen LogP contribution in [-0.4, -0.2) is 60.7 Å². The maximum absolute atomic E-state index is 13.0. The maximum atomic E-state index is 13.0. The Kier molecular flexibility index (Phi) is 6.46. The fraction of sp³-hybridized carbons (Fsp3) is 0.652. The Labute approximate surface area is 178 Å². The SMILES string of the molecule is COc1ccc2oc(N3CCCC[C@H]3C(=O)NCCN3[C@H](C)CCC[C@@H]3C)nc2c1. The number of anilines is 1. The Morgan fingerprint density at radius 1 is 1.20 bits per heavy atom. The number of hydrogen-bond acceptors (Lipinski definition) is 6. The van der Waals surface area contributed by atoms with Gasteiger partial charge in [0.05, 0.1) is 7.11 Å². The minimum atomic E-state index is -0.232. The summed E-state index contributed by atoms with van der Waals surface area (Å²) in [6.45, 7) is 6.96. The summed E-state index contributed by atoms with van der Waals surface area (Å²) in [7, 11) is 1.64. The first-order valence-corrected chi connectivity index (χ1v) is 11.3. The number of piperidine rings is 2. The summed E-state index contributed by atoms with van der Waals surface area (Å²) in [5, 5.41) is 3.18. The van der Waals surface area contributed by atoms with Gasteiger partial charge in [0.25, 0.3) is 6.01 Å². The van der Waals surface area contributed by atoms with E-state index >= 15 is 0 Å². The molecule has 0 radical (unpaired) electrons. The summed E-state index contributed by atoms with van der Waals surface area (Å²) in [6, 6.07) is 7.07. The molecule has 164 valence electrons. The van der Waals surface area contributed by atoms with Crippen molar-refractivity contribution in [3.63, 3.8) is 0 Å². The summed E-state index contributed by atoms with van der Waals surface area (Å²) in [5.41, 5.74) is 1.46. The zero-order chi connectivity index (χ0) is 21.1. The molecule has 0 saturated carbocycles. The van der Waals surface area contributed by atoms with E-state index in [1.807, 2.05) is 23.1 Å². The number of rotatable bonds is 6. The van der Waals surface area contributed by atoms with Crippen LogP contribution in [0.4, 0.5) is 6.01 Å². The zero-order valence-corrected chi connectivity index (χ0v) is 18.4. The maximum Gasteiger partial charge on any atom is 0.299 e. The number of benzene rings is 1. The number of carbonyl (C=O) groups excluding carboxylic acids is 1. The highest BCUT2D eigenvalue weighted by Crippen LogP contribution is 2.29. The molecule has 0 spiro atoms. The third-order valence-electron chi connectivity index (χ3n) is 6.68. The molecule has 2 aliphatic rings. The van der Waals surface area contributed by atoms with E-state index in [1.54, 1.807) is 7.11 Å². The van der Waals surface area contributed by atoms with Crippen LogP contribution < -0.4 is 15.0 Å². The van der Waals surface area contributed by atoms with Crippen molar-refractivity contribution < 1.29 is 13.9 Å². The van der Waals surface area contributed by atoms with Crippen LogP contribution in [0.3, 0.4) is 0 Å². The highest BCUT2D eigenvalue weighted by molar-refractivity contribution is 5.85. The molecule has 4 rings (SSSR count). The van der Waals surface area contributed by atoms with Gasteiger partial charge in [0.1, 0.15) is 17.3 Å². The van der Waals surface area contributed by atoms with E-state index in [0.717, 1.165) is 43.6 Å². The molecular formula is C23H34N4O3. The Hall–Kier alpha value is -2.28. The molecule has 1 aromatic carbocycles. The van der Waals surface area contributed by atoms with Crippen LogP contribution in [0.5, 0.6) is 5.75 Å². The number of carbonyl (C=O) groups is 1. The van der Waals surface area contributed by atoms with Crippen molar-refractivity contribution in [1.82, 2.24) is 15.2 Å². The van der Waals surface area contributed by atoms with Crippen molar-refractivity contribution >= 4 is 23.0 Å². The fourth-order valence-corrected chi connectivity index (χ4v) is 4.92. The van der Waals surface area contributed by atoms with Crippen molar-refractivity contribution in [2.24, 2.45) is 0 Å². The number of ether oxygens (including phenoxy) is 1. The van der Waals surface area contributed by atoms with Crippen LogP contribution in [0.25, 0.3) is 11.1 Å². The monoisotopic (exact) mass is 414 g/mol. The molecule has 30 heavy (non-hydrogen) atoms. The number of fused-ring (bicyclic) bond motifs is 1. The van der Waals surface area contributed by atoms with Crippen molar-refractivity contribution in [3.05, 3.63) is 18.2 Å². The second-order valence-electron chi connectivity index (χ2n) is 8.69. The quantitative estimate of drug-likeness (QED) is 0.779. The van der Waals surface area contributed by atoms with Crippen LogP contribution in [-0.2, 0) is 4.79 Å². The van der Waals surface area contributed by atoms with Gasteiger partial charge in [0.15, 0.2) is 5.58 Å². The molecule has 2 fully saturated rings. The molecular weight excluding hydrogens is 380 g/mol. The molecule has 3 atom stereocenters. The summed E-state index contributed by atoms with van der Waals surface area (Å²) >= 11 is 0. The second kappa shape index (κ2) is 9.25. The van der Waals surface area contributed by atoms with Crippen molar-refractivity contribution in [1.29, 1.82) is 0 Å². The van der Waals surface area contributed by atoms with Gasteiger partial charge in [-0.1, -0.05) is 6.42 Å². The summed E-state index contributed by atoms with van der Waals surface area (Å²) < 4.78 is 11.3. The largest absolute Gasteiger partial charge is 0.497 e. The number of amides is 1. The molecule has 2 aliphatic heterocycles. The van der Waals surface area contributed by atoms with E-state index in [0.29, 0.717) is 30.2 Å². The predicted octanol–water partition coefficient (Wildman–Crippen LogP) is 3.57. The lowest BCUT2D eigenvalue weighted by Gasteiger charge is -2.39. The van der Waals surface area contributed by atoms with E-state index in [4.69, 9.17) is 9.15 Å². The van der Waals surface area contributed by atoms with Gasteiger partial charge in [0, 0.05) is 37.8 Å². The molecule has 3 heterocycles. The average molecular weight is 415 g/mol. The molecule has 2 saturated heterocycles. The highest BCUT2D eigenvalue weighted by atomic mass is 16.5. The van der Waals surface area contributed by atoms with Gasteiger partial charge in [-0.15, -0.1) is 0 Å². The molecule has 2 aromatic rings. The van der Waals surface area contributed by atoms with Crippen molar-refractivity contribution in [2.75, 3.05) is 31.6 Å². The highest BCUT2D eigenvalue weighted by Gasteiger charge is 2.32. The van der Waals surface area contributed by atoms with E-state index in [1.165, 1.54) is 19.3 Å². The first-order valence-electron chi connectivity index (χ1n) is 11.3. The molecule has 1 amide bonds. The van der Waals surface area contributed by atoms with Crippen LogP contribution >= 0.6 is 0 Å². The van der Waals surface area contributed by atoms with E-state index in [2.05, 4.69) is 29.0 Å². The average Bonchev–Trinajstić information content (AvgIpc) is 3.18. The zero-order valence-electron chi connectivity index (χ0n) is 18.4. The lowest BCUT2D eigenvalue weighted by Crippen LogP contribution is -2.52. The van der Waals surface area contributed by atoms with Gasteiger partial charge in [-0.2, -0.15) is 4.98 Å². The van der Waals surface area contributed by atoms with E-state index in [-0.39, 0.29) is 11.9 Å². The molecule has 0 bridgehead atoms. The first-order chi connectivity index (χ1) is 14.6. The molecule has 0 unspecified atom stereocenters. The van der Waals surface area contributed by atoms with Crippen LogP contribution in [0.15, 0.2) is 22.6 Å². The number of nitrogens with one attached hydrogen (secondary N) is 1. The normalized spacial score (nSPS) is 25.4. The molecule has 0 aliphatic carbocycles. The third kappa shape index (κ3) is 4.41. The fourth-order valence-electron chi connectivity index (χ4n) is 4.92. The number of aromatic nitrogens is 1. The lowest BCUT2D eigenvalue weighted by atomic mass is 9.97. The Balaban J connectivity index is 1.41. The number of nitrogens with zero attached hydrogens (tertiary/aromatic N) is 3. The summed E-state index contributed by atoms with van der Waals surface area (Å²) in [6.07, 6.45) is 6.70. The minimum Gasteiger partial charge on any atom is -0.497 e. The summed E-state index contributed by atoms with van der Waals surface area (Å²) in [5.74, 6) is 0.823. The lowest BCUT2D eigenvalue weighted by molar-refractivity contribution is -0.123. The molecule has 7 heteroatoms. The van der Waals surface area contributed by atoms with Gasteiger partial charge in [-0.3, -0.25) is 9.69 Å². The number of oxazole rings is 1. The van der Waals surface area contributed by atoms with Crippen molar-refractivity contribution in [2.45, 2.75) is 70.5 Å². The Bertz CT molecular complexity index is 857. The second-order valence-corrected chi connectivity index (χ2v) is 8.69. The topological polar surface area (TPSA) is 70.8 Å². The van der Waals surface area contributed by atoms with Gasteiger partial charge in [-0.25, -0.2) is 0 Å². The van der Waals surface area contributed by atoms with Gasteiger partial charge in [-0.05, 0) is 58.1 Å². The Morgan fingerprint density at radius 2 is 2.00 bits per heavy atom. The van der Waals surface area contributed by atoms with E-state index in [9.17, 15) is 4.79 Å². The van der Waals surface area contributed by atoms with Gasteiger partial charge < -0.3 is 19.4 Å². The number of hydrogen-bond donors (Lipinski definition) is 1.